The van der Waals surface area contributed by atoms with Gasteiger partial charge in [-0.2, -0.15) is 0 Å². The van der Waals surface area contributed by atoms with Crippen LogP contribution in [-0.4, -0.2) is 71.9 Å². The zero-order valence-electron chi connectivity index (χ0n) is 16.7. The molecule has 1 aromatic heterocycles. The summed E-state index contributed by atoms with van der Waals surface area (Å²) in [5.41, 5.74) is 0.845. The van der Waals surface area contributed by atoms with Gasteiger partial charge in [-0.05, 0) is 45.6 Å². The molecule has 2 heterocycles. The Bertz CT molecular complexity index is 854. The van der Waals surface area contributed by atoms with E-state index in [2.05, 4.69) is 39.6 Å². The van der Waals surface area contributed by atoms with Gasteiger partial charge < -0.3 is 20.4 Å². The third kappa shape index (κ3) is 4.95. The standard InChI is InChI=1S/C20H28N6O2/c1-25(2)12-6-11-21-19-14-7-4-5-8-15(14)22-17(24-19)13-26(3)20(28)16-9-10-18(27)23-16/h4-5,7-8,16H,6,9-13H2,1-3H3,(H,23,27)(H,21,22,24). The quantitative estimate of drug-likeness (QED) is 0.666. The Labute approximate surface area is 165 Å². The van der Waals surface area contributed by atoms with Crippen LogP contribution in [0.4, 0.5) is 5.82 Å². The number of fused-ring (bicyclic) bond motifs is 1. The number of hydrogen-bond acceptors (Lipinski definition) is 6. The molecule has 150 valence electrons. The number of anilines is 1. The molecule has 2 aromatic rings. The number of hydrogen-bond donors (Lipinski definition) is 2. The van der Waals surface area contributed by atoms with Crippen molar-refractivity contribution < 1.29 is 9.59 Å². The van der Waals surface area contributed by atoms with Gasteiger partial charge in [0.05, 0.1) is 12.1 Å². The SMILES string of the molecule is CN(C)CCCNc1nc(CN(C)C(=O)C2CCC(=O)N2)nc2ccccc12. The normalized spacial score (nSPS) is 16.4. The first-order valence-corrected chi connectivity index (χ1v) is 9.62. The predicted molar refractivity (Wildman–Crippen MR) is 109 cm³/mol. The molecule has 0 saturated carbocycles. The fraction of sp³-hybridized carbons (Fsp3) is 0.500. The number of likely N-dealkylation sites (N-methyl/N-ethyl adjacent to an activating group) is 1. The number of nitrogens with one attached hydrogen (secondary N) is 2. The molecule has 1 fully saturated rings. The molecule has 1 aliphatic rings. The van der Waals surface area contributed by atoms with Crippen molar-refractivity contribution in [3.63, 3.8) is 0 Å². The first-order chi connectivity index (χ1) is 13.4. The van der Waals surface area contributed by atoms with Gasteiger partial charge in [-0.1, -0.05) is 12.1 Å². The highest BCUT2D eigenvalue weighted by atomic mass is 16.2. The van der Waals surface area contributed by atoms with Crippen molar-refractivity contribution in [1.82, 2.24) is 25.1 Å². The first-order valence-electron chi connectivity index (χ1n) is 9.62. The van der Waals surface area contributed by atoms with Gasteiger partial charge in [0.25, 0.3) is 0 Å². The highest BCUT2D eigenvalue weighted by Gasteiger charge is 2.29. The Morgan fingerprint density at radius 3 is 2.75 bits per heavy atom. The van der Waals surface area contributed by atoms with Crippen LogP contribution in [0.5, 0.6) is 0 Å². The summed E-state index contributed by atoms with van der Waals surface area (Å²) in [6, 6.07) is 7.41. The van der Waals surface area contributed by atoms with Crippen LogP contribution in [0.2, 0.25) is 0 Å². The van der Waals surface area contributed by atoms with E-state index in [-0.39, 0.29) is 11.8 Å². The minimum absolute atomic E-state index is 0.0714. The third-order valence-corrected chi connectivity index (χ3v) is 4.77. The van der Waals surface area contributed by atoms with Crippen LogP contribution >= 0.6 is 0 Å². The molecule has 8 nitrogen and oxygen atoms in total. The van der Waals surface area contributed by atoms with Crippen LogP contribution in [-0.2, 0) is 16.1 Å². The number of amides is 2. The minimum Gasteiger partial charge on any atom is -0.369 e. The molecule has 2 N–H and O–H groups in total. The van der Waals surface area contributed by atoms with E-state index in [1.165, 1.54) is 0 Å². The Morgan fingerprint density at radius 1 is 1.25 bits per heavy atom. The number of rotatable bonds is 8. The molecular weight excluding hydrogens is 356 g/mol. The highest BCUT2D eigenvalue weighted by Crippen LogP contribution is 2.21. The zero-order valence-corrected chi connectivity index (χ0v) is 16.7. The summed E-state index contributed by atoms with van der Waals surface area (Å²) in [4.78, 5) is 36.9. The predicted octanol–water partition coefficient (Wildman–Crippen LogP) is 1.23. The Kier molecular flexibility index (Phi) is 6.41. The van der Waals surface area contributed by atoms with E-state index < -0.39 is 6.04 Å². The van der Waals surface area contributed by atoms with Crippen LogP contribution in [0.15, 0.2) is 24.3 Å². The summed E-state index contributed by atoms with van der Waals surface area (Å²) in [7, 11) is 5.82. The Morgan fingerprint density at radius 2 is 2.04 bits per heavy atom. The molecule has 28 heavy (non-hydrogen) atoms. The zero-order chi connectivity index (χ0) is 20.1. The van der Waals surface area contributed by atoms with E-state index >= 15 is 0 Å². The molecule has 1 unspecified atom stereocenters. The second-order valence-corrected chi connectivity index (χ2v) is 7.44. The van der Waals surface area contributed by atoms with Crippen LogP contribution in [0.25, 0.3) is 10.9 Å². The fourth-order valence-electron chi connectivity index (χ4n) is 3.29. The molecule has 2 amide bonds. The molecule has 8 heteroatoms. The van der Waals surface area contributed by atoms with E-state index in [1.807, 2.05) is 24.3 Å². The van der Waals surface area contributed by atoms with Crippen LogP contribution in [0.1, 0.15) is 25.1 Å². The van der Waals surface area contributed by atoms with Crippen LogP contribution < -0.4 is 10.6 Å². The smallest absolute Gasteiger partial charge is 0.245 e. The van der Waals surface area contributed by atoms with Crippen LogP contribution in [0.3, 0.4) is 0 Å². The summed E-state index contributed by atoms with van der Waals surface area (Å²) in [5.74, 6) is 1.18. The molecule has 3 rings (SSSR count). The molecule has 1 aromatic carbocycles. The number of aromatic nitrogens is 2. The molecule has 0 spiro atoms. The maximum absolute atomic E-state index is 12.6. The molecule has 0 bridgehead atoms. The van der Waals surface area contributed by atoms with E-state index in [0.29, 0.717) is 25.2 Å². The average molecular weight is 384 g/mol. The van der Waals surface area contributed by atoms with Crippen molar-refractivity contribution in [2.45, 2.75) is 31.8 Å². The average Bonchev–Trinajstić information content (AvgIpc) is 3.10. The van der Waals surface area contributed by atoms with E-state index in [1.54, 1.807) is 11.9 Å². The van der Waals surface area contributed by atoms with Gasteiger partial charge in [0.2, 0.25) is 11.8 Å². The number of para-hydroxylation sites is 1. The first kappa shape index (κ1) is 20.0. The second-order valence-electron chi connectivity index (χ2n) is 7.44. The van der Waals surface area contributed by atoms with E-state index in [9.17, 15) is 9.59 Å². The summed E-state index contributed by atoms with van der Waals surface area (Å²) in [6.07, 6.45) is 1.94. The van der Waals surface area contributed by atoms with Gasteiger partial charge in [0.15, 0.2) is 5.82 Å². The second kappa shape index (κ2) is 8.97. The summed E-state index contributed by atoms with van der Waals surface area (Å²) in [6.45, 7) is 2.09. The highest BCUT2D eigenvalue weighted by molar-refractivity contribution is 5.91. The monoisotopic (exact) mass is 384 g/mol. The van der Waals surface area contributed by atoms with Crippen molar-refractivity contribution in [3.05, 3.63) is 30.1 Å². The number of nitrogens with zero attached hydrogens (tertiary/aromatic N) is 4. The third-order valence-electron chi connectivity index (χ3n) is 4.77. The summed E-state index contributed by atoms with van der Waals surface area (Å²) < 4.78 is 0. The Hall–Kier alpha value is -2.74. The van der Waals surface area contributed by atoms with Gasteiger partial charge in [0, 0.05) is 25.4 Å². The van der Waals surface area contributed by atoms with Crippen molar-refractivity contribution in [2.75, 3.05) is 39.5 Å². The number of carbonyl (C=O) groups excluding carboxylic acids is 2. The molecule has 1 saturated heterocycles. The number of carbonyl (C=O) groups is 2. The minimum atomic E-state index is -0.443. The van der Waals surface area contributed by atoms with Crippen molar-refractivity contribution in [1.29, 1.82) is 0 Å². The van der Waals surface area contributed by atoms with Gasteiger partial charge in [0.1, 0.15) is 11.9 Å². The summed E-state index contributed by atoms with van der Waals surface area (Å²) in [5, 5.41) is 7.09. The van der Waals surface area contributed by atoms with Gasteiger partial charge in [-0.15, -0.1) is 0 Å². The van der Waals surface area contributed by atoms with Crippen molar-refractivity contribution in [2.24, 2.45) is 0 Å². The molecule has 0 radical (unpaired) electrons. The van der Waals surface area contributed by atoms with E-state index in [0.717, 1.165) is 36.2 Å². The summed E-state index contributed by atoms with van der Waals surface area (Å²) >= 11 is 0. The van der Waals surface area contributed by atoms with Gasteiger partial charge >= 0.3 is 0 Å². The maximum atomic E-state index is 12.6. The van der Waals surface area contributed by atoms with Crippen molar-refractivity contribution in [3.8, 4) is 0 Å². The topological polar surface area (TPSA) is 90.5 Å². The number of benzene rings is 1. The lowest BCUT2D eigenvalue weighted by atomic mass is 10.2. The van der Waals surface area contributed by atoms with E-state index in [4.69, 9.17) is 0 Å². The molecule has 0 aliphatic carbocycles. The fourth-order valence-corrected chi connectivity index (χ4v) is 3.29. The lowest BCUT2D eigenvalue weighted by molar-refractivity contribution is -0.133. The molecule has 1 atom stereocenters. The Balaban J connectivity index is 1.73. The van der Waals surface area contributed by atoms with Gasteiger partial charge in [-0.25, -0.2) is 9.97 Å². The lowest BCUT2D eigenvalue weighted by Gasteiger charge is -2.21. The largest absolute Gasteiger partial charge is 0.369 e. The molecule has 1 aliphatic heterocycles. The lowest BCUT2D eigenvalue weighted by Crippen LogP contribution is -2.42. The van der Waals surface area contributed by atoms with Gasteiger partial charge in [-0.3, -0.25) is 9.59 Å². The van der Waals surface area contributed by atoms with Crippen molar-refractivity contribution >= 4 is 28.5 Å². The maximum Gasteiger partial charge on any atom is 0.245 e. The van der Waals surface area contributed by atoms with Crippen LogP contribution in [0, 0.1) is 0 Å². The molecular formula is C20H28N6O2.